The summed E-state index contributed by atoms with van der Waals surface area (Å²) in [6, 6.07) is 8.16. The van der Waals surface area contributed by atoms with Crippen LogP contribution in [0.3, 0.4) is 0 Å². The Labute approximate surface area is 140 Å². The number of rotatable bonds is 4. The van der Waals surface area contributed by atoms with Gasteiger partial charge in [0.05, 0.1) is 15.5 Å². The number of amides is 1. The Morgan fingerprint density at radius 3 is 2.75 bits per heavy atom. The van der Waals surface area contributed by atoms with Gasteiger partial charge in [0, 0.05) is 18.3 Å². The van der Waals surface area contributed by atoms with Crippen LogP contribution in [0.2, 0.25) is 0 Å². The molecule has 3 aromatic heterocycles. The summed E-state index contributed by atoms with van der Waals surface area (Å²) in [5.41, 5.74) is 1.73. The van der Waals surface area contributed by atoms with Gasteiger partial charge >= 0.3 is 5.00 Å². The molecule has 0 aromatic carbocycles. The first kappa shape index (κ1) is 15.8. The molecule has 3 aromatic rings. The maximum atomic E-state index is 12.3. The molecule has 24 heavy (non-hydrogen) atoms. The number of hydrogen-bond acceptors (Lipinski definition) is 6. The van der Waals surface area contributed by atoms with Gasteiger partial charge in [-0.05, 0) is 37.6 Å². The van der Waals surface area contributed by atoms with Crippen LogP contribution in [0.15, 0.2) is 36.5 Å². The maximum absolute atomic E-state index is 12.3. The van der Waals surface area contributed by atoms with Gasteiger partial charge in [-0.15, -0.1) is 0 Å². The predicted octanol–water partition coefficient (Wildman–Crippen LogP) is 3.11. The third kappa shape index (κ3) is 3.15. The van der Waals surface area contributed by atoms with Gasteiger partial charge in [0.2, 0.25) is 0 Å². The van der Waals surface area contributed by atoms with Crippen LogP contribution in [-0.4, -0.2) is 25.6 Å². The third-order valence-electron chi connectivity index (χ3n) is 3.19. The van der Waals surface area contributed by atoms with Gasteiger partial charge in [0.25, 0.3) is 5.91 Å². The lowest BCUT2D eigenvalue weighted by molar-refractivity contribution is -0.380. The molecule has 0 aliphatic rings. The van der Waals surface area contributed by atoms with Crippen molar-refractivity contribution in [3.63, 3.8) is 0 Å². The van der Waals surface area contributed by atoms with Gasteiger partial charge < -0.3 is 5.32 Å². The minimum atomic E-state index is -0.521. The van der Waals surface area contributed by atoms with E-state index >= 15 is 0 Å². The Kier molecular flexibility index (Phi) is 4.09. The number of nitro groups is 1. The van der Waals surface area contributed by atoms with Crippen molar-refractivity contribution in [2.24, 2.45) is 0 Å². The Balaban J connectivity index is 1.90. The molecule has 9 heteroatoms. The van der Waals surface area contributed by atoms with Gasteiger partial charge in [0.15, 0.2) is 5.82 Å². The molecule has 0 bridgehead atoms. The van der Waals surface area contributed by atoms with E-state index in [-0.39, 0.29) is 9.88 Å². The molecule has 0 saturated heterocycles. The van der Waals surface area contributed by atoms with Crippen LogP contribution in [0.5, 0.6) is 0 Å². The van der Waals surface area contributed by atoms with Crippen LogP contribution in [0.1, 0.15) is 20.9 Å². The summed E-state index contributed by atoms with van der Waals surface area (Å²) in [5.74, 6) is 0.601. The molecule has 8 nitrogen and oxygen atoms in total. The smallest absolute Gasteiger partial charge is 0.306 e. The van der Waals surface area contributed by atoms with Crippen LogP contribution in [0, 0.1) is 24.0 Å². The number of pyridine rings is 1. The van der Waals surface area contributed by atoms with Crippen molar-refractivity contribution in [2.75, 3.05) is 5.32 Å². The molecule has 0 aliphatic carbocycles. The number of thiophene rings is 1. The van der Waals surface area contributed by atoms with Crippen LogP contribution >= 0.6 is 11.3 Å². The summed E-state index contributed by atoms with van der Waals surface area (Å²) in [5, 5.41) is 17.7. The molecule has 0 spiro atoms. The van der Waals surface area contributed by atoms with Crippen molar-refractivity contribution in [3.8, 4) is 5.82 Å². The van der Waals surface area contributed by atoms with E-state index in [4.69, 9.17) is 0 Å². The van der Waals surface area contributed by atoms with E-state index in [0.717, 1.165) is 16.9 Å². The molecular weight excluding hydrogens is 330 g/mol. The number of carbonyl (C=O) groups excluding carboxylic acids is 1. The Morgan fingerprint density at radius 1 is 1.29 bits per heavy atom. The van der Waals surface area contributed by atoms with E-state index in [1.165, 1.54) is 16.8 Å². The van der Waals surface area contributed by atoms with E-state index in [1.807, 2.05) is 19.1 Å². The van der Waals surface area contributed by atoms with Crippen LogP contribution < -0.4 is 5.32 Å². The van der Waals surface area contributed by atoms with E-state index in [2.05, 4.69) is 15.4 Å². The van der Waals surface area contributed by atoms with Crippen molar-refractivity contribution in [1.82, 2.24) is 14.8 Å². The van der Waals surface area contributed by atoms with E-state index < -0.39 is 10.8 Å². The van der Waals surface area contributed by atoms with E-state index in [9.17, 15) is 14.9 Å². The molecule has 0 atom stereocenters. The zero-order chi connectivity index (χ0) is 17.3. The molecule has 1 N–H and O–H groups in total. The van der Waals surface area contributed by atoms with Gasteiger partial charge in [-0.2, -0.15) is 9.78 Å². The first-order chi connectivity index (χ1) is 11.4. The summed E-state index contributed by atoms with van der Waals surface area (Å²) in [6.07, 6.45) is 1.66. The predicted molar refractivity (Wildman–Crippen MR) is 89.8 cm³/mol. The first-order valence-corrected chi connectivity index (χ1v) is 7.81. The largest absolute Gasteiger partial charge is 0.324 e. The summed E-state index contributed by atoms with van der Waals surface area (Å²) in [7, 11) is 0. The SMILES string of the molecule is Cc1ccnc(-n2nc(C)cc2NC(=O)c2ccc([N+](=O)[O-])s2)c1. The highest BCUT2D eigenvalue weighted by molar-refractivity contribution is 7.17. The van der Waals surface area contributed by atoms with Gasteiger partial charge in [-0.3, -0.25) is 14.9 Å². The zero-order valence-corrected chi connectivity index (χ0v) is 13.7. The van der Waals surface area contributed by atoms with E-state index in [0.29, 0.717) is 17.3 Å². The standard InChI is InChI=1S/C15H13N5O3S/c1-9-5-6-16-12(7-9)19-13(8-10(2)18-19)17-15(21)11-3-4-14(24-11)20(22)23/h3-8H,1-2H3,(H,17,21). The van der Waals surface area contributed by atoms with Gasteiger partial charge in [-0.25, -0.2) is 4.98 Å². The molecule has 122 valence electrons. The first-order valence-electron chi connectivity index (χ1n) is 6.99. The second kappa shape index (κ2) is 6.20. The molecular formula is C15H13N5O3S. The second-order valence-electron chi connectivity index (χ2n) is 5.12. The van der Waals surface area contributed by atoms with Crippen LogP contribution in [-0.2, 0) is 0 Å². The minimum Gasteiger partial charge on any atom is -0.306 e. The number of carbonyl (C=O) groups is 1. The molecule has 0 unspecified atom stereocenters. The fourth-order valence-corrected chi connectivity index (χ4v) is 2.84. The van der Waals surface area contributed by atoms with Crippen LogP contribution in [0.4, 0.5) is 10.8 Å². The Morgan fingerprint density at radius 2 is 2.08 bits per heavy atom. The Hall–Kier alpha value is -3.07. The van der Waals surface area contributed by atoms with Crippen molar-refractivity contribution in [3.05, 3.63) is 62.8 Å². The molecule has 1 amide bonds. The second-order valence-corrected chi connectivity index (χ2v) is 6.19. The highest BCUT2D eigenvalue weighted by Crippen LogP contribution is 2.25. The number of anilines is 1. The number of aryl methyl sites for hydroxylation is 2. The van der Waals surface area contributed by atoms with Crippen molar-refractivity contribution >= 4 is 28.1 Å². The van der Waals surface area contributed by atoms with Crippen molar-refractivity contribution in [2.45, 2.75) is 13.8 Å². The highest BCUT2D eigenvalue weighted by atomic mass is 32.1. The maximum Gasteiger partial charge on any atom is 0.324 e. The molecule has 0 saturated carbocycles. The average Bonchev–Trinajstić information content (AvgIpc) is 3.14. The lowest BCUT2D eigenvalue weighted by atomic mass is 10.3. The fourth-order valence-electron chi connectivity index (χ4n) is 2.12. The highest BCUT2D eigenvalue weighted by Gasteiger charge is 2.18. The summed E-state index contributed by atoms with van der Waals surface area (Å²) in [6.45, 7) is 3.74. The quantitative estimate of drug-likeness (QED) is 0.579. The van der Waals surface area contributed by atoms with Gasteiger partial charge in [0.1, 0.15) is 5.82 Å². The minimum absolute atomic E-state index is 0.0785. The summed E-state index contributed by atoms with van der Waals surface area (Å²) >= 11 is 0.823. The molecule has 0 fully saturated rings. The lowest BCUT2D eigenvalue weighted by Crippen LogP contribution is -2.14. The monoisotopic (exact) mass is 343 g/mol. The summed E-state index contributed by atoms with van der Waals surface area (Å²) in [4.78, 5) is 27.0. The fraction of sp³-hybridized carbons (Fsp3) is 0.133. The number of aromatic nitrogens is 3. The number of nitrogens with zero attached hydrogens (tertiary/aromatic N) is 4. The third-order valence-corrected chi connectivity index (χ3v) is 4.22. The number of nitrogens with one attached hydrogen (secondary N) is 1. The van der Waals surface area contributed by atoms with Crippen LogP contribution in [0.25, 0.3) is 5.82 Å². The summed E-state index contributed by atoms with van der Waals surface area (Å²) < 4.78 is 1.53. The Bertz CT molecular complexity index is 931. The van der Waals surface area contributed by atoms with Crippen molar-refractivity contribution < 1.29 is 9.72 Å². The molecule has 3 heterocycles. The molecule has 3 rings (SSSR count). The van der Waals surface area contributed by atoms with Gasteiger partial charge in [-0.1, -0.05) is 11.3 Å². The molecule has 0 aliphatic heterocycles. The topological polar surface area (TPSA) is 103 Å². The zero-order valence-electron chi connectivity index (χ0n) is 12.9. The number of hydrogen-bond donors (Lipinski definition) is 1. The lowest BCUT2D eigenvalue weighted by Gasteiger charge is -2.07. The van der Waals surface area contributed by atoms with Crippen molar-refractivity contribution in [1.29, 1.82) is 0 Å². The van der Waals surface area contributed by atoms with E-state index in [1.54, 1.807) is 19.2 Å². The average molecular weight is 343 g/mol. The molecule has 0 radical (unpaired) electrons. The normalized spacial score (nSPS) is 10.6.